The second kappa shape index (κ2) is 7.99. The van der Waals surface area contributed by atoms with E-state index in [4.69, 9.17) is 11.6 Å². The van der Waals surface area contributed by atoms with Crippen molar-refractivity contribution in [3.05, 3.63) is 28.8 Å². The lowest BCUT2D eigenvalue weighted by atomic mass is 9.78. The summed E-state index contributed by atoms with van der Waals surface area (Å²) in [4.78, 5) is 13.7. The van der Waals surface area contributed by atoms with Crippen LogP contribution in [-0.2, 0) is 0 Å². The highest BCUT2D eigenvalue weighted by Gasteiger charge is 2.40. The molecule has 4 heteroatoms. The fraction of sp³-hybridized carbons (Fsp3) is 0.667. The topological polar surface area (TPSA) is 40.5 Å². The van der Waals surface area contributed by atoms with E-state index in [0.29, 0.717) is 17.1 Å². The normalized spacial score (nSPS) is 28.6. The number of rotatable bonds is 3. The number of anilines is 1. The first kappa shape index (κ1) is 18.6. The Morgan fingerprint density at radius 2 is 1.76 bits per heavy atom. The van der Waals surface area contributed by atoms with Crippen LogP contribution in [0.15, 0.2) is 18.2 Å². The number of benzene rings is 1. The Balaban J connectivity index is 1.78. The number of carbonyl (C=O) groups is 1. The van der Waals surface area contributed by atoms with Crippen LogP contribution in [0.25, 0.3) is 0 Å². The third-order valence-corrected chi connectivity index (χ3v) is 6.70. The Morgan fingerprint density at radius 1 is 1.12 bits per heavy atom. The molecule has 25 heavy (non-hydrogen) atoms. The summed E-state index contributed by atoms with van der Waals surface area (Å²) >= 11 is 6.22. The highest BCUT2D eigenvalue weighted by atomic mass is 35.5. The molecule has 0 aromatic heterocycles. The molecule has 2 fully saturated rings. The van der Waals surface area contributed by atoms with Gasteiger partial charge in [0.25, 0.3) is 0 Å². The molecule has 0 bridgehead atoms. The lowest BCUT2D eigenvalue weighted by molar-refractivity contribution is 0.0697. The van der Waals surface area contributed by atoms with Crippen LogP contribution in [0.1, 0.15) is 75.6 Å². The first-order chi connectivity index (χ1) is 12.0. The average molecular weight is 364 g/mol. The minimum absolute atomic E-state index is 0.182. The van der Waals surface area contributed by atoms with E-state index in [-0.39, 0.29) is 5.56 Å². The maximum absolute atomic E-state index is 11.2. The van der Waals surface area contributed by atoms with Gasteiger partial charge in [0.05, 0.1) is 10.6 Å². The number of hydrogen-bond donors (Lipinski definition) is 1. The van der Waals surface area contributed by atoms with Gasteiger partial charge in [-0.05, 0) is 50.3 Å². The fourth-order valence-electron chi connectivity index (χ4n) is 5.14. The second-order valence-corrected chi connectivity index (χ2v) is 8.38. The average Bonchev–Trinajstić information content (AvgIpc) is 2.81. The highest BCUT2D eigenvalue weighted by molar-refractivity contribution is 6.33. The third-order valence-electron chi connectivity index (χ3n) is 6.38. The summed E-state index contributed by atoms with van der Waals surface area (Å²) in [6.07, 6.45) is 10.9. The molecule has 3 rings (SSSR count). The van der Waals surface area contributed by atoms with Crippen molar-refractivity contribution in [2.45, 2.75) is 77.3 Å². The van der Waals surface area contributed by atoms with Gasteiger partial charge >= 0.3 is 5.97 Å². The van der Waals surface area contributed by atoms with Gasteiger partial charge in [0, 0.05) is 17.8 Å². The van der Waals surface area contributed by atoms with Crippen LogP contribution in [0.2, 0.25) is 5.02 Å². The molecule has 1 aromatic carbocycles. The lowest BCUT2D eigenvalue weighted by Crippen LogP contribution is -2.36. The molecule has 1 aliphatic carbocycles. The van der Waals surface area contributed by atoms with Gasteiger partial charge in [-0.25, -0.2) is 4.79 Å². The number of carboxylic acid groups (broad SMARTS) is 1. The predicted molar refractivity (Wildman–Crippen MR) is 104 cm³/mol. The van der Waals surface area contributed by atoms with E-state index in [9.17, 15) is 9.90 Å². The molecule has 1 saturated heterocycles. The van der Waals surface area contributed by atoms with Gasteiger partial charge in [-0.15, -0.1) is 0 Å². The van der Waals surface area contributed by atoms with Crippen molar-refractivity contribution in [2.24, 2.45) is 11.8 Å². The van der Waals surface area contributed by atoms with Gasteiger partial charge < -0.3 is 10.0 Å². The summed E-state index contributed by atoms with van der Waals surface area (Å²) in [6, 6.07) is 6.34. The Labute approximate surface area is 156 Å². The molecule has 1 N–H and O–H groups in total. The molecular weight excluding hydrogens is 334 g/mol. The number of carboxylic acids is 1. The zero-order chi connectivity index (χ0) is 18.0. The predicted octanol–water partition coefficient (Wildman–Crippen LogP) is 6.00. The number of nitrogens with zero attached hydrogens (tertiary/aromatic N) is 1. The molecule has 0 amide bonds. The molecule has 1 aliphatic heterocycles. The van der Waals surface area contributed by atoms with Crippen LogP contribution >= 0.6 is 11.6 Å². The second-order valence-electron chi connectivity index (χ2n) is 7.97. The smallest absolute Gasteiger partial charge is 0.337 e. The Kier molecular flexibility index (Phi) is 5.93. The first-order valence-electron chi connectivity index (χ1n) is 9.80. The van der Waals surface area contributed by atoms with Crippen molar-refractivity contribution in [3.8, 4) is 0 Å². The zero-order valence-electron chi connectivity index (χ0n) is 15.4. The van der Waals surface area contributed by atoms with Gasteiger partial charge in [0.15, 0.2) is 0 Å². The standard InChI is InChI=1S/C21H30ClNO2/c1-14-12-19(16-8-6-4-3-5-7-9-16)15(2)23(14)17-10-11-18(21(24)25)20(22)13-17/h10-11,13-16,19H,3-9,12H2,1-2H3,(H,24,25). The quantitative estimate of drug-likeness (QED) is 0.715. The summed E-state index contributed by atoms with van der Waals surface area (Å²) in [5.74, 6) is 0.592. The fourth-order valence-corrected chi connectivity index (χ4v) is 5.40. The molecular formula is C21H30ClNO2. The van der Waals surface area contributed by atoms with E-state index in [1.54, 1.807) is 6.07 Å². The number of hydrogen-bond acceptors (Lipinski definition) is 2. The van der Waals surface area contributed by atoms with Crippen LogP contribution in [-0.4, -0.2) is 23.2 Å². The Bertz CT molecular complexity index is 610. The van der Waals surface area contributed by atoms with E-state index >= 15 is 0 Å². The molecule has 0 spiro atoms. The monoisotopic (exact) mass is 363 g/mol. The van der Waals surface area contributed by atoms with Crippen molar-refractivity contribution < 1.29 is 9.90 Å². The van der Waals surface area contributed by atoms with Crippen LogP contribution in [0.4, 0.5) is 5.69 Å². The van der Waals surface area contributed by atoms with E-state index in [2.05, 4.69) is 18.7 Å². The van der Waals surface area contributed by atoms with Crippen molar-refractivity contribution >= 4 is 23.3 Å². The summed E-state index contributed by atoms with van der Waals surface area (Å²) in [6.45, 7) is 4.63. The van der Waals surface area contributed by atoms with Crippen molar-refractivity contribution in [1.29, 1.82) is 0 Å². The van der Waals surface area contributed by atoms with Crippen molar-refractivity contribution in [3.63, 3.8) is 0 Å². The molecule has 1 aromatic rings. The van der Waals surface area contributed by atoms with E-state index in [1.165, 1.54) is 51.4 Å². The summed E-state index contributed by atoms with van der Waals surface area (Å²) in [7, 11) is 0. The van der Waals surface area contributed by atoms with Gasteiger partial charge in [-0.3, -0.25) is 0 Å². The largest absolute Gasteiger partial charge is 0.478 e. The maximum atomic E-state index is 11.2. The van der Waals surface area contributed by atoms with Crippen molar-refractivity contribution in [2.75, 3.05) is 4.90 Å². The SMILES string of the molecule is CC1CC(C2CCCCCCC2)C(C)N1c1ccc(C(=O)O)c(Cl)c1. The van der Waals surface area contributed by atoms with Crippen LogP contribution < -0.4 is 4.90 Å². The molecule has 2 aliphatic rings. The number of halogens is 1. The third kappa shape index (κ3) is 3.97. The maximum Gasteiger partial charge on any atom is 0.337 e. The molecule has 1 saturated carbocycles. The molecule has 0 radical (unpaired) electrons. The molecule has 138 valence electrons. The van der Waals surface area contributed by atoms with Gasteiger partial charge in [-0.1, -0.05) is 56.5 Å². The van der Waals surface area contributed by atoms with Crippen LogP contribution in [0.3, 0.4) is 0 Å². The molecule has 3 unspecified atom stereocenters. The Morgan fingerprint density at radius 3 is 2.36 bits per heavy atom. The van der Waals surface area contributed by atoms with E-state index in [0.717, 1.165) is 17.5 Å². The zero-order valence-corrected chi connectivity index (χ0v) is 16.1. The minimum atomic E-state index is -0.966. The lowest BCUT2D eigenvalue weighted by Gasteiger charge is -2.33. The highest BCUT2D eigenvalue weighted by Crippen LogP contribution is 2.42. The van der Waals surface area contributed by atoms with Crippen LogP contribution in [0, 0.1) is 11.8 Å². The summed E-state index contributed by atoms with van der Waals surface area (Å²) in [5.41, 5.74) is 1.24. The summed E-state index contributed by atoms with van der Waals surface area (Å²) < 4.78 is 0. The van der Waals surface area contributed by atoms with Gasteiger partial charge in [-0.2, -0.15) is 0 Å². The molecule has 3 nitrogen and oxygen atoms in total. The number of aromatic carboxylic acids is 1. The van der Waals surface area contributed by atoms with E-state index in [1.807, 2.05) is 12.1 Å². The van der Waals surface area contributed by atoms with Crippen molar-refractivity contribution in [1.82, 2.24) is 0 Å². The molecule has 3 atom stereocenters. The van der Waals surface area contributed by atoms with Gasteiger partial charge in [0.1, 0.15) is 0 Å². The van der Waals surface area contributed by atoms with E-state index < -0.39 is 5.97 Å². The Hall–Kier alpha value is -1.22. The summed E-state index contributed by atoms with van der Waals surface area (Å²) in [5, 5.41) is 9.52. The van der Waals surface area contributed by atoms with Crippen LogP contribution in [0.5, 0.6) is 0 Å². The minimum Gasteiger partial charge on any atom is -0.478 e. The van der Waals surface area contributed by atoms with Gasteiger partial charge in [0.2, 0.25) is 0 Å². The molecule has 1 heterocycles. The first-order valence-corrected chi connectivity index (χ1v) is 10.2.